The molecule has 0 amide bonds. The smallest absolute Gasteiger partial charge is 0.189 e. The van der Waals surface area contributed by atoms with E-state index in [1.807, 2.05) is 23.1 Å². The molecule has 2 aromatic rings. The summed E-state index contributed by atoms with van der Waals surface area (Å²) in [4.78, 5) is 1.93. The van der Waals surface area contributed by atoms with Crippen LogP contribution in [0.15, 0.2) is 42.5 Å². The summed E-state index contributed by atoms with van der Waals surface area (Å²) in [6.07, 6.45) is 0.532. The van der Waals surface area contributed by atoms with Crippen molar-refractivity contribution in [3.8, 4) is 11.5 Å². The number of aryl methyl sites for hydroxylation is 1. The maximum absolute atomic E-state index is 10.1. The zero-order valence-electron chi connectivity index (χ0n) is 12.1. The first-order valence-electron chi connectivity index (χ1n) is 7.06. The van der Waals surface area contributed by atoms with E-state index in [0.29, 0.717) is 10.7 Å². The average molecular weight is 315 g/mol. The van der Waals surface area contributed by atoms with E-state index >= 15 is 0 Å². The normalized spacial score (nSPS) is 17.6. The molecule has 0 radical (unpaired) electrons. The van der Waals surface area contributed by atoms with Gasteiger partial charge in [-0.15, -0.1) is 0 Å². The number of nitrogens with one attached hydrogen (secondary N) is 2. The van der Waals surface area contributed by atoms with Gasteiger partial charge in [0.15, 0.2) is 5.11 Å². The molecule has 1 aliphatic rings. The lowest BCUT2D eigenvalue weighted by atomic mass is 10.1. The predicted octanol–water partition coefficient (Wildman–Crippen LogP) is 2.56. The number of benzene rings is 2. The van der Waals surface area contributed by atoms with E-state index < -0.39 is 0 Å². The highest BCUT2D eigenvalue weighted by Crippen LogP contribution is 2.35. The Morgan fingerprint density at radius 2 is 1.95 bits per heavy atom. The van der Waals surface area contributed by atoms with E-state index in [4.69, 9.17) is 12.2 Å². The summed E-state index contributed by atoms with van der Waals surface area (Å²) in [6.45, 7) is 2.09. The average Bonchev–Trinajstić information content (AvgIpc) is 2.88. The van der Waals surface area contributed by atoms with Gasteiger partial charge in [0.25, 0.3) is 0 Å². The van der Waals surface area contributed by atoms with Crippen LogP contribution in [-0.2, 0) is 6.42 Å². The van der Waals surface area contributed by atoms with Gasteiger partial charge in [-0.3, -0.25) is 10.3 Å². The number of hydrazine groups is 1. The summed E-state index contributed by atoms with van der Waals surface area (Å²) >= 11 is 5.40. The molecule has 2 aromatic carbocycles. The summed E-state index contributed by atoms with van der Waals surface area (Å²) in [6, 6.07) is 12.6. The topological polar surface area (TPSA) is 67.8 Å². The highest BCUT2D eigenvalue weighted by Gasteiger charge is 2.32. The minimum absolute atomic E-state index is 0.0166. The van der Waals surface area contributed by atoms with Gasteiger partial charge in [-0.1, -0.05) is 25.1 Å². The molecule has 6 heteroatoms. The Labute approximate surface area is 134 Å². The van der Waals surface area contributed by atoms with E-state index in [1.54, 1.807) is 12.1 Å². The molecular formula is C16H17N3O2S. The minimum atomic E-state index is -0.346. The lowest BCUT2D eigenvalue weighted by Crippen LogP contribution is -2.30. The first kappa shape index (κ1) is 14.6. The van der Waals surface area contributed by atoms with Gasteiger partial charge in [-0.2, -0.15) is 0 Å². The van der Waals surface area contributed by atoms with E-state index in [0.717, 1.165) is 12.1 Å². The van der Waals surface area contributed by atoms with Crippen molar-refractivity contribution in [2.45, 2.75) is 19.5 Å². The molecule has 3 rings (SSSR count). The number of para-hydroxylation sites is 1. The summed E-state index contributed by atoms with van der Waals surface area (Å²) in [5, 5.41) is 20.1. The maximum Gasteiger partial charge on any atom is 0.189 e. The van der Waals surface area contributed by atoms with Gasteiger partial charge in [0.2, 0.25) is 0 Å². The first-order chi connectivity index (χ1) is 10.6. The number of aromatic hydroxyl groups is 2. The summed E-state index contributed by atoms with van der Waals surface area (Å²) in [7, 11) is 0. The van der Waals surface area contributed by atoms with Crippen LogP contribution in [0.3, 0.4) is 0 Å². The van der Waals surface area contributed by atoms with Crippen molar-refractivity contribution in [2.24, 2.45) is 0 Å². The molecular weight excluding hydrogens is 298 g/mol. The Hall–Kier alpha value is -2.31. The second kappa shape index (κ2) is 5.82. The molecule has 0 spiro atoms. The number of nitrogens with zero attached hydrogens (tertiary/aromatic N) is 1. The van der Waals surface area contributed by atoms with Crippen LogP contribution in [0.25, 0.3) is 0 Å². The first-order valence-corrected chi connectivity index (χ1v) is 7.47. The quantitative estimate of drug-likeness (QED) is 0.653. The third-order valence-corrected chi connectivity index (χ3v) is 4.03. The monoisotopic (exact) mass is 315 g/mol. The zero-order valence-corrected chi connectivity index (χ0v) is 12.9. The van der Waals surface area contributed by atoms with Gasteiger partial charge in [0.1, 0.15) is 17.7 Å². The molecule has 1 atom stereocenters. The summed E-state index contributed by atoms with van der Waals surface area (Å²) in [5.41, 5.74) is 8.81. The highest BCUT2D eigenvalue weighted by atomic mass is 32.1. The Balaban J connectivity index is 2.06. The van der Waals surface area contributed by atoms with Crippen molar-refractivity contribution < 1.29 is 10.2 Å². The largest absolute Gasteiger partial charge is 0.508 e. The van der Waals surface area contributed by atoms with Gasteiger partial charge in [0, 0.05) is 17.3 Å². The van der Waals surface area contributed by atoms with Crippen molar-refractivity contribution in [1.29, 1.82) is 0 Å². The number of hydrogen-bond acceptors (Lipinski definition) is 4. The Bertz CT molecular complexity index is 720. The third kappa shape index (κ3) is 2.47. The predicted molar refractivity (Wildman–Crippen MR) is 89.7 cm³/mol. The fraction of sp³-hybridized carbons (Fsp3) is 0.188. The van der Waals surface area contributed by atoms with Gasteiger partial charge in [0.05, 0.1) is 0 Å². The van der Waals surface area contributed by atoms with Crippen LogP contribution in [0.2, 0.25) is 0 Å². The number of thiocarbonyl (C=S) groups is 1. The Morgan fingerprint density at radius 1 is 1.18 bits per heavy atom. The van der Waals surface area contributed by atoms with E-state index in [2.05, 4.69) is 23.8 Å². The van der Waals surface area contributed by atoms with E-state index in [-0.39, 0.29) is 17.7 Å². The molecule has 0 aromatic heterocycles. The van der Waals surface area contributed by atoms with Crippen molar-refractivity contribution in [3.63, 3.8) is 0 Å². The Kier molecular flexibility index (Phi) is 3.87. The molecule has 1 saturated heterocycles. The van der Waals surface area contributed by atoms with Crippen LogP contribution in [-0.4, -0.2) is 15.3 Å². The summed E-state index contributed by atoms with van der Waals surface area (Å²) in [5.74, 6) is 0.0401. The second-order valence-corrected chi connectivity index (χ2v) is 5.46. The van der Waals surface area contributed by atoms with Gasteiger partial charge in [-0.05, 0) is 42.4 Å². The van der Waals surface area contributed by atoms with Crippen molar-refractivity contribution >= 4 is 23.0 Å². The molecule has 1 unspecified atom stereocenters. The van der Waals surface area contributed by atoms with Crippen molar-refractivity contribution in [3.05, 3.63) is 53.6 Å². The molecule has 4 N–H and O–H groups in total. The molecule has 114 valence electrons. The van der Waals surface area contributed by atoms with Crippen LogP contribution in [0.4, 0.5) is 5.69 Å². The lowest BCUT2D eigenvalue weighted by molar-refractivity contribution is 0.436. The number of anilines is 1. The maximum atomic E-state index is 10.1. The molecule has 0 aliphatic carbocycles. The van der Waals surface area contributed by atoms with Crippen LogP contribution in [0, 0.1) is 0 Å². The molecule has 1 aliphatic heterocycles. The standard InChI is InChI=1S/C16H17N3O2S/c1-2-10-5-3-4-6-13(10)19-15(17-18-16(19)22)12-8-7-11(20)9-14(12)21/h3-9,15,17,20-21H,2H2,1H3,(H,18,22). The van der Waals surface area contributed by atoms with Crippen LogP contribution in [0.5, 0.6) is 11.5 Å². The molecule has 22 heavy (non-hydrogen) atoms. The number of hydrogen-bond donors (Lipinski definition) is 4. The van der Waals surface area contributed by atoms with E-state index in [1.165, 1.54) is 11.6 Å². The minimum Gasteiger partial charge on any atom is -0.508 e. The van der Waals surface area contributed by atoms with Gasteiger partial charge >= 0.3 is 0 Å². The van der Waals surface area contributed by atoms with Gasteiger partial charge < -0.3 is 10.2 Å². The third-order valence-electron chi connectivity index (χ3n) is 3.73. The molecule has 1 heterocycles. The van der Waals surface area contributed by atoms with Crippen LogP contribution in [0.1, 0.15) is 24.2 Å². The second-order valence-electron chi connectivity index (χ2n) is 5.07. The molecule has 5 nitrogen and oxygen atoms in total. The molecule has 1 fully saturated rings. The number of phenols is 2. The molecule has 0 saturated carbocycles. The SMILES string of the molecule is CCc1ccccc1N1C(=S)NNC1c1ccc(O)cc1O. The highest BCUT2D eigenvalue weighted by molar-refractivity contribution is 7.80. The fourth-order valence-electron chi connectivity index (χ4n) is 2.65. The zero-order chi connectivity index (χ0) is 15.7. The number of rotatable bonds is 3. The summed E-state index contributed by atoms with van der Waals surface area (Å²) < 4.78 is 0. The molecule has 0 bridgehead atoms. The van der Waals surface area contributed by atoms with Crippen LogP contribution < -0.4 is 15.8 Å². The van der Waals surface area contributed by atoms with Gasteiger partial charge in [-0.25, -0.2) is 5.43 Å². The fourth-order valence-corrected chi connectivity index (χ4v) is 2.91. The van der Waals surface area contributed by atoms with Crippen molar-refractivity contribution in [2.75, 3.05) is 4.90 Å². The van der Waals surface area contributed by atoms with E-state index in [9.17, 15) is 10.2 Å². The van der Waals surface area contributed by atoms with Crippen LogP contribution >= 0.6 is 12.2 Å². The lowest BCUT2D eigenvalue weighted by Gasteiger charge is -2.27. The van der Waals surface area contributed by atoms with Crippen molar-refractivity contribution in [1.82, 2.24) is 10.9 Å². The Morgan fingerprint density at radius 3 is 2.68 bits per heavy atom. The number of phenolic OH excluding ortho intramolecular Hbond substituents is 2.